The molecule has 2 aliphatic rings. The maximum absolute atomic E-state index is 3.66. The van der Waals surface area contributed by atoms with E-state index in [9.17, 15) is 0 Å². The molecule has 1 fully saturated rings. The average Bonchev–Trinajstić information content (AvgIpc) is 3.22. The molecule has 1 spiro atoms. The number of rotatable bonds is 3. The zero-order valence-electron chi connectivity index (χ0n) is 19.6. The minimum absolute atomic E-state index is 0.768. The quantitative estimate of drug-likeness (QED) is 0.346. The summed E-state index contributed by atoms with van der Waals surface area (Å²) >= 11 is 0. The first-order chi connectivity index (χ1) is 12.3. The number of hydrogen-bond acceptors (Lipinski definition) is 0. The summed E-state index contributed by atoms with van der Waals surface area (Å²) in [4.78, 5) is 0. The Labute approximate surface area is 167 Å². The molecule has 0 aromatic heterocycles. The lowest BCUT2D eigenvalue weighted by molar-refractivity contribution is 0.317. The van der Waals surface area contributed by atoms with Gasteiger partial charge < -0.3 is 0 Å². The highest BCUT2D eigenvalue weighted by Gasteiger charge is 2.36. The molecule has 0 aliphatic heterocycles. The van der Waals surface area contributed by atoms with Gasteiger partial charge in [0.05, 0.1) is 0 Å². The van der Waals surface area contributed by atoms with E-state index in [1.54, 1.807) is 11.6 Å². The van der Waals surface area contributed by atoms with Crippen molar-refractivity contribution in [3.05, 3.63) is 48.6 Å². The van der Waals surface area contributed by atoms with Crippen LogP contribution in [-0.2, 0) is 0 Å². The van der Waals surface area contributed by atoms with Gasteiger partial charge >= 0.3 is 0 Å². The van der Waals surface area contributed by atoms with Crippen LogP contribution in [0.15, 0.2) is 48.6 Å². The first-order valence-electron chi connectivity index (χ1n) is 10.9. The van der Waals surface area contributed by atoms with Crippen LogP contribution in [0.4, 0.5) is 0 Å². The Morgan fingerprint density at radius 2 is 1.42 bits per heavy atom. The fraction of sp³-hybridized carbons (Fsp3) is 0.692. The zero-order valence-corrected chi connectivity index (χ0v) is 19.6. The van der Waals surface area contributed by atoms with Crippen LogP contribution in [0, 0.1) is 5.41 Å². The smallest absolute Gasteiger partial charge is 0.0226 e. The molecule has 0 saturated heterocycles. The molecule has 2 rings (SSSR count). The predicted octanol–water partition coefficient (Wildman–Crippen LogP) is 9.84. The highest BCUT2D eigenvalue weighted by Crippen LogP contribution is 2.50. The van der Waals surface area contributed by atoms with Crippen LogP contribution in [0.25, 0.3) is 0 Å². The monoisotopic (exact) mass is 362 g/mol. The van der Waals surface area contributed by atoms with Crippen LogP contribution in [0.2, 0.25) is 0 Å². The second-order valence-corrected chi connectivity index (χ2v) is 7.38. The van der Waals surface area contributed by atoms with Crippen molar-refractivity contribution in [3.63, 3.8) is 0 Å². The molecule has 1 saturated carbocycles. The van der Waals surface area contributed by atoms with E-state index < -0.39 is 0 Å². The molecule has 0 unspecified atom stereocenters. The van der Waals surface area contributed by atoms with Crippen molar-refractivity contribution in [1.29, 1.82) is 0 Å². The van der Waals surface area contributed by atoms with Gasteiger partial charge in [-0.15, -0.1) is 6.58 Å². The summed E-state index contributed by atoms with van der Waals surface area (Å²) in [6.45, 7) is 27.0. The molecule has 0 amide bonds. The van der Waals surface area contributed by atoms with Gasteiger partial charge in [-0.3, -0.25) is 0 Å². The molecule has 0 N–H and O–H groups in total. The van der Waals surface area contributed by atoms with Crippen molar-refractivity contribution in [2.45, 2.75) is 113 Å². The Morgan fingerprint density at radius 3 is 1.73 bits per heavy atom. The summed E-state index contributed by atoms with van der Waals surface area (Å²) in [5.74, 6) is 0. The van der Waals surface area contributed by atoms with Gasteiger partial charge in [0.25, 0.3) is 0 Å². The van der Waals surface area contributed by atoms with Crippen LogP contribution >= 0.6 is 0 Å². The largest absolute Gasteiger partial charge is 0.103 e. The van der Waals surface area contributed by atoms with E-state index in [0.29, 0.717) is 0 Å². The van der Waals surface area contributed by atoms with Gasteiger partial charge in [0.15, 0.2) is 0 Å². The van der Waals surface area contributed by atoms with Crippen molar-refractivity contribution in [3.8, 4) is 0 Å². The van der Waals surface area contributed by atoms with Crippen LogP contribution in [0.1, 0.15) is 113 Å². The lowest BCUT2D eigenvalue weighted by Crippen LogP contribution is -2.10. The minimum atomic E-state index is 0.768. The van der Waals surface area contributed by atoms with Gasteiger partial charge in [-0.25, -0.2) is 0 Å². The van der Waals surface area contributed by atoms with E-state index in [0.717, 1.165) is 16.6 Å². The Morgan fingerprint density at radius 1 is 1.04 bits per heavy atom. The lowest BCUT2D eigenvalue weighted by atomic mass is 9.82. The first kappa shape index (κ1) is 29.7. The van der Waals surface area contributed by atoms with E-state index in [4.69, 9.17) is 0 Å². The molecule has 26 heavy (non-hydrogen) atoms. The van der Waals surface area contributed by atoms with Gasteiger partial charge in [-0.05, 0) is 58.3 Å². The third-order valence-electron chi connectivity index (χ3n) is 4.39. The maximum atomic E-state index is 3.66. The molecule has 0 bridgehead atoms. The van der Waals surface area contributed by atoms with Crippen LogP contribution in [0.3, 0.4) is 0 Å². The van der Waals surface area contributed by atoms with Gasteiger partial charge in [0.2, 0.25) is 0 Å². The summed E-state index contributed by atoms with van der Waals surface area (Å²) in [6, 6.07) is 0. The third-order valence-corrected chi connectivity index (χ3v) is 4.39. The highest BCUT2D eigenvalue weighted by atomic mass is 14.4. The van der Waals surface area contributed by atoms with Gasteiger partial charge in [-0.1, -0.05) is 102 Å². The maximum Gasteiger partial charge on any atom is -0.0226 e. The average molecular weight is 363 g/mol. The second kappa shape index (κ2) is 20.3. The zero-order chi connectivity index (χ0) is 21.0. The molecule has 0 atom stereocenters. The van der Waals surface area contributed by atoms with Crippen molar-refractivity contribution >= 4 is 0 Å². The summed E-state index contributed by atoms with van der Waals surface area (Å²) in [7, 11) is 0. The topological polar surface area (TPSA) is 0 Å². The van der Waals surface area contributed by atoms with Crippen LogP contribution < -0.4 is 0 Å². The number of allylic oxidation sites excluding steroid dienone is 5. The third kappa shape index (κ3) is 16.4. The van der Waals surface area contributed by atoms with E-state index in [1.165, 1.54) is 57.8 Å². The molecule has 0 heterocycles. The van der Waals surface area contributed by atoms with Crippen molar-refractivity contribution in [2.24, 2.45) is 5.41 Å². The fourth-order valence-electron chi connectivity index (χ4n) is 3.00. The van der Waals surface area contributed by atoms with Crippen LogP contribution in [0.5, 0.6) is 0 Å². The number of hydrogen-bond donors (Lipinski definition) is 0. The lowest BCUT2D eigenvalue weighted by Gasteiger charge is -2.22. The van der Waals surface area contributed by atoms with Gasteiger partial charge in [-0.2, -0.15) is 0 Å². The minimum Gasteiger partial charge on any atom is -0.103 e. The van der Waals surface area contributed by atoms with Crippen LogP contribution in [-0.4, -0.2) is 0 Å². The molecular formula is C26H50. The molecule has 0 radical (unpaired) electrons. The summed E-state index contributed by atoms with van der Waals surface area (Å²) in [5.41, 5.74) is 4.66. The standard InChI is InChI=1S/C12H20.C6H10.C3H8.C3H6.C2H6/c1-2-5-11-6-9-12(10-11)7-3-4-8-12;1-5(2)6(3)4;2*1-3-2;1-2/h6H,2-5,7-10H2,1H3;1,3H2,2,4H3;3H2,1-2H3;3H,1H2,2H3;1-2H3. The SMILES string of the molecule is C=C(C)C(=C)C.C=CC.CC.CCC.CCCC1=CCC2(CCCC2)C1. The second-order valence-electron chi connectivity index (χ2n) is 7.38. The molecule has 2 aliphatic carbocycles. The normalized spacial score (nSPS) is 15.5. The molecular weight excluding hydrogens is 312 g/mol. The van der Waals surface area contributed by atoms with Crippen molar-refractivity contribution < 1.29 is 0 Å². The summed E-state index contributed by atoms with van der Waals surface area (Å²) < 4.78 is 0. The molecule has 0 aromatic carbocycles. The van der Waals surface area contributed by atoms with Gasteiger partial charge in [0, 0.05) is 0 Å². The van der Waals surface area contributed by atoms with Gasteiger partial charge in [0.1, 0.15) is 0 Å². The first-order valence-corrected chi connectivity index (χ1v) is 10.9. The highest BCUT2D eigenvalue weighted by molar-refractivity contribution is 5.19. The van der Waals surface area contributed by atoms with Crippen molar-refractivity contribution in [2.75, 3.05) is 0 Å². The summed E-state index contributed by atoms with van der Waals surface area (Å²) in [5, 5.41) is 0. The van der Waals surface area contributed by atoms with Crippen molar-refractivity contribution in [1.82, 2.24) is 0 Å². The van der Waals surface area contributed by atoms with E-state index >= 15 is 0 Å². The Bertz CT molecular complexity index is 363. The Balaban J connectivity index is -0.000000321. The Hall–Kier alpha value is -1.04. The predicted molar refractivity (Wildman–Crippen MR) is 126 cm³/mol. The molecule has 154 valence electrons. The summed E-state index contributed by atoms with van der Waals surface area (Å²) in [6.07, 6.45) is 17.1. The molecule has 0 heteroatoms. The Kier molecular flexibility index (Phi) is 23.2. The fourth-order valence-corrected chi connectivity index (χ4v) is 3.00. The van der Waals surface area contributed by atoms with E-state index in [2.05, 4.69) is 46.6 Å². The van der Waals surface area contributed by atoms with E-state index in [1.807, 2.05) is 34.6 Å². The molecule has 0 aromatic rings. The molecule has 0 nitrogen and oxygen atoms in total. The van der Waals surface area contributed by atoms with E-state index in [-0.39, 0.29) is 0 Å².